The molecule has 0 heterocycles. The lowest BCUT2D eigenvalue weighted by atomic mass is 10.1. The van der Waals surface area contributed by atoms with Crippen LogP contribution in [0.25, 0.3) is 0 Å². The fourth-order valence-corrected chi connectivity index (χ4v) is 2.64. The van der Waals surface area contributed by atoms with Gasteiger partial charge in [0.15, 0.2) is 0 Å². The minimum atomic E-state index is -0.508. The number of nitrogens with two attached hydrogens (primary N) is 1. The molecule has 110 valence electrons. The van der Waals surface area contributed by atoms with Crippen molar-refractivity contribution in [2.24, 2.45) is 0 Å². The van der Waals surface area contributed by atoms with Gasteiger partial charge in [-0.25, -0.2) is 4.39 Å². The molecule has 4 nitrogen and oxygen atoms in total. The van der Waals surface area contributed by atoms with Crippen molar-refractivity contribution in [2.75, 3.05) is 18.2 Å². The second kappa shape index (κ2) is 6.32. The number of nitrogen functional groups attached to an aromatic ring is 1. The lowest BCUT2D eigenvalue weighted by Crippen LogP contribution is -2.14. The monoisotopic (exact) mass is 372 g/mol. The van der Waals surface area contributed by atoms with Crippen LogP contribution in [-0.2, 0) is 0 Å². The first-order chi connectivity index (χ1) is 9.92. The number of ether oxygens (including phenoxy) is 1. The largest absolute Gasteiger partial charge is 0.496 e. The molecule has 0 aliphatic heterocycles. The van der Waals surface area contributed by atoms with E-state index in [1.807, 2.05) is 0 Å². The first kappa shape index (κ1) is 15.6. The third-order valence-corrected chi connectivity index (χ3v) is 3.64. The van der Waals surface area contributed by atoms with Crippen molar-refractivity contribution in [1.29, 1.82) is 0 Å². The van der Waals surface area contributed by atoms with Crippen molar-refractivity contribution < 1.29 is 13.9 Å². The SMILES string of the molecule is COc1ccc(N)cc1C(=O)Nc1c(Cl)cc(F)cc1Br. The number of carbonyl (C=O) groups excluding carboxylic acids is 1. The zero-order chi connectivity index (χ0) is 15.6. The second-order valence-corrected chi connectivity index (χ2v) is 5.42. The molecule has 0 aliphatic rings. The molecule has 0 saturated heterocycles. The van der Waals surface area contributed by atoms with Gasteiger partial charge in [0.2, 0.25) is 0 Å². The molecule has 1 amide bonds. The molecule has 0 aliphatic carbocycles. The lowest BCUT2D eigenvalue weighted by Gasteiger charge is -2.12. The first-order valence-electron chi connectivity index (χ1n) is 5.81. The Kier molecular flexibility index (Phi) is 4.69. The highest BCUT2D eigenvalue weighted by Crippen LogP contribution is 2.33. The van der Waals surface area contributed by atoms with Crippen LogP contribution in [0.2, 0.25) is 5.02 Å². The van der Waals surface area contributed by atoms with Gasteiger partial charge in [0.25, 0.3) is 5.91 Å². The molecule has 0 unspecified atom stereocenters. The third-order valence-electron chi connectivity index (χ3n) is 2.71. The molecule has 0 spiro atoms. The zero-order valence-corrected chi connectivity index (χ0v) is 13.3. The number of halogens is 3. The van der Waals surface area contributed by atoms with E-state index in [1.165, 1.54) is 19.2 Å². The van der Waals surface area contributed by atoms with Gasteiger partial charge in [0, 0.05) is 10.2 Å². The second-order valence-electron chi connectivity index (χ2n) is 4.16. The van der Waals surface area contributed by atoms with Gasteiger partial charge < -0.3 is 15.8 Å². The van der Waals surface area contributed by atoms with E-state index in [1.54, 1.807) is 12.1 Å². The first-order valence-corrected chi connectivity index (χ1v) is 6.99. The number of carbonyl (C=O) groups is 1. The highest BCUT2D eigenvalue weighted by molar-refractivity contribution is 9.10. The number of rotatable bonds is 3. The highest BCUT2D eigenvalue weighted by Gasteiger charge is 2.16. The molecule has 3 N–H and O–H groups in total. The summed E-state index contributed by atoms with van der Waals surface area (Å²) in [6, 6.07) is 7.01. The molecule has 0 saturated carbocycles. The summed E-state index contributed by atoms with van der Waals surface area (Å²) in [5.74, 6) is -0.601. The van der Waals surface area contributed by atoms with Crippen molar-refractivity contribution in [3.63, 3.8) is 0 Å². The molecule has 7 heteroatoms. The molecule has 2 aromatic carbocycles. The molecular formula is C14H11BrClFN2O2. The number of hydrogen-bond donors (Lipinski definition) is 2. The van der Waals surface area contributed by atoms with Crippen LogP contribution in [0.3, 0.4) is 0 Å². The van der Waals surface area contributed by atoms with Crippen molar-refractivity contribution in [1.82, 2.24) is 0 Å². The van der Waals surface area contributed by atoms with Crippen molar-refractivity contribution in [3.05, 3.63) is 51.2 Å². The van der Waals surface area contributed by atoms with Crippen LogP contribution >= 0.6 is 27.5 Å². The Labute approximate surface area is 134 Å². The summed E-state index contributed by atoms with van der Waals surface area (Å²) in [4.78, 5) is 12.3. The van der Waals surface area contributed by atoms with Gasteiger partial charge in [0.05, 0.1) is 23.4 Å². The number of amides is 1. The van der Waals surface area contributed by atoms with E-state index in [2.05, 4.69) is 21.2 Å². The van der Waals surface area contributed by atoms with Gasteiger partial charge in [-0.3, -0.25) is 4.79 Å². The van der Waals surface area contributed by atoms with E-state index in [0.717, 1.165) is 6.07 Å². The topological polar surface area (TPSA) is 64.3 Å². The minimum absolute atomic E-state index is 0.0816. The summed E-state index contributed by atoms with van der Waals surface area (Å²) >= 11 is 9.08. The Hall–Kier alpha value is -1.79. The van der Waals surface area contributed by atoms with Crippen LogP contribution in [0.15, 0.2) is 34.8 Å². The average molecular weight is 374 g/mol. The quantitative estimate of drug-likeness (QED) is 0.797. The van der Waals surface area contributed by atoms with Gasteiger partial charge >= 0.3 is 0 Å². The van der Waals surface area contributed by atoms with Crippen LogP contribution in [0, 0.1) is 5.82 Å². The summed E-state index contributed by atoms with van der Waals surface area (Å²) < 4.78 is 18.6. The molecule has 0 bridgehead atoms. The van der Waals surface area contributed by atoms with Gasteiger partial charge in [-0.2, -0.15) is 0 Å². The maximum Gasteiger partial charge on any atom is 0.259 e. The molecular weight excluding hydrogens is 363 g/mol. The summed E-state index contributed by atoms with van der Waals surface area (Å²) in [7, 11) is 1.45. The minimum Gasteiger partial charge on any atom is -0.496 e. The van der Waals surface area contributed by atoms with E-state index >= 15 is 0 Å². The molecule has 0 radical (unpaired) electrons. The Morgan fingerprint density at radius 2 is 2.10 bits per heavy atom. The fraction of sp³-hybridized carbons (Fsp3) is 0.0714. The Morgan fingerprint density at radius 3 is 2.71 bits per heavy atom. The Balaban J connectivity index is 2.37. The van der Waals surface area contributed by atoms with Crippen molar-refractivity contribution >= 4 is 44.8 Å². The summed E-state index contributed by atoms with van der Waals surface area (Å²) in [6.45, 7) is 0. The average Bonchev–Trinajstić information content (AvgIpc) is 2.42. The summed E-state index contributed by atoms with van der Waals surface area (Å²) in [5, 5.41) is 2.69. The van der Waals surface area contributed by atoms with E-state index < -0.39 is 11.7 Å². The zero-order valence-electron chi connectivity index (χ0n) is 10.9. The normalized spacial score (nSPS) is 10.3. The lowest BCUT2D eigenvalue weighted by molar-refractivity contribution is 0.102. The smallest absolute Gasteiger partial charge is 0.259 e. The molecule has 0 aromatic heterocycles. The molecule has 0 fully saturated rings. The third kappa shape index (κ3) is 3.46. The maximum atomic E-state index is 13.2. The number of methoxy groups -OCH3 is 1. The number of nitrogens with one attached hydrogen (secondary N) is 1. The highest BCUT2D eigenvalue weighted by atomic mass is 79.9. The number of anilines is 2. The summed E-state index contributed by atoms with van der Waals surface area (Å²) in [5.41, 5.74) is 6.62. The molecule has 2 aromatic rings. The maximum absolute atomic E-state index is 13.2. The van der Waals surface area contributed by atoms with Crippen LogP contribution in [0.4, 0.5) is 15.8 Å². The van der Waals surface area contributed by atoms with Crippen molar-refractivity contribution in [3.8, 4) is 5.75 Å². The molecule has 0 atom stereocenters. The van der Waals surface area contributed by atoms with Gasteiger partial charge in [-0.1, -0.05) is 11.6 Å². The number of benzene rings is 2. The van der Waals surface area contributed by atoms with E-state index in [0.29, 0.717) is 15.9 Å². The predicted molar refractivity (Wildman–Crippen MR) is 84.5 cm³/mol. The van der Waals surface area contributed by atoms with E-state index in [-0.39, 0.29) is 16.3 Å². The molecule has 21 heavy (non-hydrogen) atoms. The standard InChI is InChI=1S/C14H11BrClFN2O2/c1-21-12-3-2-8(18)6-9(12)14(20)19-13-10(15)4-7(17)5-11(13)16/h2-6H,18H2,1H3,(H,19,20). The van der Waals surface area contributed by atoms with Crippen LogP contribution in [0.1, 0.15) is 10.4 Å². The predicted octanol–water partition coefficient (Wildman–Crippen LogP) is 4.08. The van der Waals surface area contributed by atoms with Crippen molar-refractivity contribution in [2.45, 2.75) is 0 Å². The fourth-order valence-electron chi connectivity index (χ4n) is 1.75. The van der Waals surface area contributed by atoms with Crippen LogP contribution in [0.5, 0.6) is 5.75 Å². The Morgan fingerprint density at radius 1 is 1.38 bits per heavy atom. The van der Waals surface area contributed by atoms with Gasteiger partial charge in [0.1, 0.15) is 11.6 Å². The number of hydrogen-bond acceptors (Lipinski definition) is 3. The van der Waals surface area contributed by atoms with Crippen LogP contribution < -0.4 is 15.8 Å². The van der Waals surface area contributed by atoms with E-state index in [9.17, 15) is 9.18 Å². The van der Waals surface area contributed by atoms with Crippen LogP contribution in [-0.4, -0.2) is 13.0 Å². The van der Waals surface area contributed by atoms with E-state index in [4.69, 9.17) is 22.1 Å². The summed E-state index contributed by atoms with van der Waals surface area (Å²) in [6.07, 6.45) is 0. The van der Waals surface area contributed by atoms with Gasteiger partial charge in [-0.05, 0) is 46.3 Å². The van der Waals surface area contributed by atoms with Gasteiger partial charge in [-0.15, -0.1) is 0 Å². The Bertz CT molecular complexity index is 686. The molecule has 2 rings (SSSR count).